The SMILES string of the molecule is C[C@]12CCC(=O)N[C@@H]1CCc1cc(-c3ccccc3C#N)ccc12. The van der Waals surface area contributed by atoms with Crippen molar-refractivity contribution in [1.29, 1.82) is 5.26 Å². The molecule has 2 aromatic rings. The number of nitriles is 1. The Morgan fingerprint density at radius 2 is 2.04 bits per heavy atom. The van der Waals surface area contributed by atoms with E-state index in [-0.39, 0.29) is 17.4 Å². The van der Waals surface area contributed by atoms with E-state index in [1.54, 1.807) is 0 Å². The van der Waals surface area contributed by atoms with Gasteiger partial charge in [-0.2, -0.15) is 5.26 Å². The number of aryl methyl sites for hydroxylation is 1. The summed E-state index contributed by atoms with van der Waals surface area (Å²) < 4.78 is 0. The first kappa shape index (κ1) is 15.0. The molecule has 0 bridgehead atoms. The van der Waals surface area contributed by atoms with Gasteiger partial charge in [-0.15, -0.1) is 0 Å². The van der Waals surface area contributed by atoms with Gasteiger partial charge in [-0.25, -0.2) is 0 Å². The Kier molecular flexibility index (Phi) is 3.42. The Labute approximate surface area is 142 Å². The van der Waals surface area contributed by atoms with E-state index in [2.05, 4.69) is 36.5 Å². The molecule has 1 N–H and O–H groups in total. The van der Waals surface area contributed by atoms with Crippen LogP contribution in [-0.4, -0.2) is 11.9 Å². The smallest absolute Gasteiger partial charge is 0.220 e. The van der Waals surface area contributed by atoms with Crippen molar-refractivity contribution in [2.75, 3.05) is 0 Å². The van der Waals surface area contributed by atoms with E-state index in [4.69, 9.17) is 0 Å². The van der Waals surface area contributed by atoms with E-state index in [0.29, 0.717) is 12.0 Å². The summed E-state index contributed by atoms with van der Waals surface area (Å²) >= 11 is 0. The number of nitrogens with zero attached hydrogens (tertiary/aromatic N) is 1. The van der Waals surface area contributed by atoms with Crippen molar-refractivity contribution in [1.82, 2.24) is 5.32 Å². The number of piperidine rings is 1. The van der Waals surface area contributed by atoms with Crippen molar-refractivity contribution >= 4 is 5.91 Å². The highest BCUT2D eigenvalue weighted by Gasteiger charge is 2.43. The molecule has 1 aliphatic carbocycles. The molecule has 2 aromatic carbocycles. The van der Waals surface area contributed by atoms with Gasteiger partial charge >= 0.3 is 0 Å². The molecule has 2 atom stereocenters. The number of benzene rings is 2. The zero-order valence-electron chi connectivity index (χ0n) is 13.8. The summed E-state index contributed by atoms with van der Waals surface area (Å²) in [5, 5.41) is 12.5. The quantitative estimate of drug-likeness (QED) is 0.872. The van der Waals surface area contributed by atoms with Crippen LogP contribution in [0.4, 0.5) is 0 Å². The summed E-state index contributed by atoms with van der Waals surface area (Å²) in [6, 6.07) is 16.8. The minimum Gasteiger partial charge on any atom is -0.352 e. The molecule has 0 aromatic heterocycles. The number of amides is 1. The molecule has 3 heteroatoms. The molecule has 0 saturated carbocycles. The Morgan fingerprint density at radius 1 is 1.21 bits per heavy atom. The lowest BCUT2D eigenvalue weighted by atomic mass is 9.64. The van der Waals surface area contributed by atoms with Gasteiger partial charge in [0.1, 0.15) is 0 Å². The topological polar surface area (TPSA) is 52.9 Å². The lowest BCUT2D eigenvalue weighted by Gasteiger charge is -2.46. The molecule has 120 valence electrons. The van der Waals surface area contributed by atoms with Gasteiger partial charge in [-0.05, 0) is 47.6 Å². The first-order chi connectivity index (χ1) is 11.6. The number of hydrogen-bond donors (Lipinski definition) is 1. The molecule has 1 aliphatic heterocycles. The number of carbonyl (C=O) groups excluding carboxylic acids is 1. The Hall–Kier alpha value is -2.60. The Morgan fingerprint density at radius 3 is 2.88 bits per heavy atom. The van der Waals surface area contributed by atoms with Crippen LogP contribution < -0.4 is 5.32 Å². The molecular formula is C21H20N2O. The van der Waals surface area contributed by atoms with E-state index in [1.165, 1.54) is 11.1 Å². The van der Waals surface area contributed by atoms with Crippen LogP contribution in [0.1, 0.15) is 42.9 Å². The van der Waals surface area contributed by atoms with Crippen molar-refractivity contribution in [3.8, 4) is 17.2 Å². The largest absolute Gasteiger partial charge is 0.352 e. The molecule has 2 aliphatic rings. The summed E-state index contributed by atoms with van der Waals surface area (Å²) in [4.78, 5) is 11.7. The van der Waals surface area contributed by atoms with Crippen molar-refractivity contribution in [3.63, 3.8) is 0 Å². The maximum atomic E-state index is 11.7. The lowest BCUT2D eigenvalue weighted by Crippen LogP contribution is -2.55. The van der Waals surface area contributed by atoms with Gasteiger partial charge in [0.2, 0.25) is 5.91 Å². The Bertz CT molecular complexity index is 864. The van der Waals surface area contributed by atoms with Crippen molar-refractivity contribution < 1.29 is 4.79 Å². The summed E-state index contributed by atoms with van der Waals surface area (Å²) in [5.74, 6) is 0.181. The summed E-state index contributed by atoms with van der Waals surface area (Å²) in [5.41, 5.74) is 5.54. The molecule has 1 saturated heterocycles. The second-order valence-electron chi connectivity index (χ2n) is 7.11. The molecule has 0 unspecified atom stereocenters. The summed E-state index contributed by atoms with van der Waals surface area (Å²) in [7, 11) is 0. The van der Waals surface area contributed by atoms with E-state index in [1.807, 2.05) is 24.3 Å². The second kappa shape index (κ2) is 5.49. The van der Waals surface area contributed by atoms with Crippen LogP contribution in [-0.2, 0) is 16.6 Å². The average molecular weight is 316 g/mol. The molecule has 4 rings (SSSR count). The molecule has 0 radical (unpaired) electrons. The first-order valence-corrected chi connectivity index (χ1v) is 8.54. The van der Waals surface area contributed by atoms with Crippen molar-refractivity contribution in [2.45, 2.75) is 44.1 Å². The van der Waals surface area contributed by atoms with Crippen LogP contribution in [0, 0.1) is 11.3 Å². The van der Waals surface area contributed by atoms with Gasteiger partial charge in [0, 0.05) is 17.9 Å². The van der Waals surface area contributed by atoms with Crippen LogP contribution in [0.5, 0.6) is 0 Å². The van der Waals surface area contributed by atoms with E-state index < -0.39 is 0 Å². The zero-order valence-corrected chi connectivity index (χ0v) is 13.8. The monoisotopic (exact) mass is 316 g/mol. The highest BCUT2D eigenvalue weighted by atomic mass is 16.1. The predicted octanol–water partition coefficient (Wildman–Crippen LogP) is 3.71. The normalized spacial score (nSPS) is 25.2. The number of carbonyl (C=O) groups is 1. The van der Waals surface area contributed by atoms with Gasteiger partial charge in [-0.1, -0.05) is 43.3 Å². The fourth-order valence-corrected chi connectivity index (χ4v) is 4.34. The maximum Gasteiger partial charge on any atom is 0.220 e. The fraction of sp³-hybridized carbons (Fsp3) is 0.333. The minimum atomic E-state index is 0.0226. The van der Waals surface area contributed by atoms with Gasteiger partial charge in [0.05, 0.1) is 11.6 Å². The molecule has 1 heterocycles. The van der Waals surface area contributed by atoms with Crippen LogP contribution in [0.3, 0.4) is 0 Å². The summed E-state index contributed by atoms with van der Waals surface area (Å²) in [6.07, 6.45) is 3.47. The molecule has 0 spiro atoms. The number of nitrogens with one attached hydrogen (secondary N) is 1. The van der Waals surface area contributed by atoms with Crippen LogP contribution in [0.25, 0.3) is 11.1 Å². The van der Waals surface area contributed by atoms with Gasteiger partial charge in [0.15, 0.2) is 0 Å². The highest BCUT2D eigenvalue weighted by Crippen LogP contribution is 2.43. The molecule has 24 heavy (non-hydrogen) atoms. The zero-order chi connectivity index (χ0) is 16.7. The Balaban J connectivity index is 1.78. The minimum absolute atomic E-state index is 0.0226. The molecule has 1 amide bonds. The maximum absolute atomic E-state index is 11.7. The number of rotatable bonds is 1. The van der Waals surface area contributed by atoms with E-state index >= 15 is 0 Å². The van der Waals surface area contributed by atoms with Crippen molar-refractivity contribution in [2.24, 2.45) is 0 Å². The van der Waals surface area contributed by atoms with Crippen LogP contribution >= 0.6 is 0 Å². The third-order valence-electron chi connectivity index (χ3n) is 5.76. The third-order valence-corrected chi connectivity index (χ3v) is 5.76. The van der Waals surface area contributed by atoms with Gasteiger partial charge < -0.3 is 5.32 Å². The van der Waals surface area contributed by atoms with Gasteiger partial charge in [-0.3, -0.25) is 4.79 Å². The summed E-state index contributed by atoms with van der Waals surface area (Å²) in [6.45, 7) is 2.28. The molecular weight excluding hydrogens is 296 g/mol. The fourth-order valence-electron chi connectivity index (χ4n) is 4.34. The predicted molar refractivity (Wildman–Crippen MR) is 93.4 cm³/mol. The first-order valence-electron chi connectivity index (χ1n) is 8.54. The van der Waals surface area contributed by atoms with E-state index in [9.17, 15) is 10.1 Å². The highest BCUT2D eigenvalue weighted by molar-refractivity contribution is 5.78. The second-order valence-corrected chi connectivity index (χ2v) is 7.11. The van der Waals surface area contributed by atoms with E-state index in [0.717, 1.165) is 30.4 Å². The molecule has 1 fully saturated rings. The lowest BCUT2D eigenvalue weighted by molar-refractivity contribution is -0.125. The van der Waals surface area contributed by atoms with Gasteiger partial charge in [0.25, 0.3) is 0 Å². The molecule has 3 nitrogen and oxygen atoms in total. The number of hydrogen-bond acceptors (Lipinski definition) is 2. The average Bonchev–Trinajstić information content (AvgIpc) is 2.62. The van der Waals surface area contributed by atoms with Crippen LogP contribution in [0.2, 0.25) is 0 Å². The third kappa shape index (κ3) is 2.22. The van der Waals surface area contributed by atoms with Crippen LogP contribution in [0.15, 0.2) is 42.5 Å². The standard InChI is InChI=1S/C21H20N2O/c1-21-11-10-20(24)23-19(21)9-7-15-12-14(6-8-18(15)21)17-5-3-2-4-16(17)13-22/h2-6,8,12,19H,7,9-11H2,1H3,(H,23,24)/t19-,21-/m1/s1. The van der Waals surface area contributed by atoms with Crippen molar-refractivity contribution in [3.05, 3.63) is 59.2 Å². The number of fused-ring (bicyclic) bond motifs is 3.